The predicted molar refractivity (Wildman–Crippen MR) is 123 cm³/mol. The van der Waals surface area contributed by atoms with Crippen molar-refractivity contribution in [3.8, 4) is 34.5 Å². The second-order valence-electron chi connectivity index (χ2n) is 8.11. The molecule has 0 saturated carbocycles. The zero-order valence-electron chi connectivity index (χ0n) is 19.7. The van der Waals surface area contributed by atoms with Gasteiger partial charge >= 0.3 is 0 Å². The molecule has 0 heterocycles. The zero-order valence-corrected chi connectivity index (χ0v) is 19.7. The molecule has 0 spiro atoms. The van der Waals surface area contributed by atoms with Gasteiger partial charge in [0.05, 0.1) is 7.11 Å². The maximum Gasteiger partial charge on any atom is 0.170 e. The Kier molecular flexibility index (Phi) is 8.19. The maximum atomic E-state index is 12.7. The van der Waals surface area contributed by atoms with Crippen molar-refractivity contribution in [2.75, 3.05) is 7.11 Å². The van der Waals surface area contributed by atoms with Gasteiger partial charge in [-0.3, -0.25) is 9.59 Å². The van der Waals surface area contributed by atoms with E-state index in [9.17, 15) is 35.1 Å². The first kappa shape index (κ1) is 25.8. The minimum Gasteiger partial charge on any atom is -0.507 e. The van der Waals surface area contributed by atoms with E-state index in [4.69, 9.17) is 4.74 Å². The lowest BCUT2D eigenvalue weighted by Crippen LogP contribution is -2.08. The topological polar surface area (TPSA) is 145 Å². The van der Waals surface area contributed by atoms with Gasteiger partial charge in [0, 0.05) is 41.5 Å². The molecule has 0 aliphatic heterocycles. The lowest BCUT2D eigenvalue weighted by Gasteiger charge is -2.21. The minimum atomic E-state index is -0.611. The van der Waals surface area contributed by atoms with E-state index in [0.29, 0.717) is 12.8 Å². The van der Waals surface area contributed by atoms with Gasteiger partial charge in [0.15, 0.2) is 11.6 Å². The van der Waals surface area contributed by atoms with Gasteiger partial charge in [-0.2, -0.15) is 0 Å². The van der Waals surface area contributed by atoms with E-state index in [2.05, 4.69) is 0 Å². The van der Waals surface area contributed by atoms with Crippen LogP contribution in [0.4, 0.5) is 0 Å². The second kappa shape index (κ2) is 10.5. The van der Waals surface area contributed by atoms with Crippen LogP contribution in [0.25, 0.3) is 0 Å². The molecule has 0 saturated heterocycles. The summed E-state index contributed by atoms with van der Waals surface area (Å²) in [7, 11) is 1.32. The van der Waals surface area contributed by atoms with Gasteiger partial charge < -0.3 is 30.3 Å². The van der Waals surface area contributed by atoms with E-state index >= 15 is 0 Å². The van der Waals surface area contributed by atoms with E-state index < -0.39 is 40.3 Å². The van der Waals surface area contributed by atoms with E-state index in [1.807, 2.05) is 6.92 Å². The number of phenolic OH excluding ortho intramolecular Hbond substituents is 5. The molecule has 33 heavy (non-hydrogen) atoms. The van der Waals surface area contributed by atoms with Crippen LogP contribution in [0.15, 0.2) is 0 Å². The summed E-state index contributed by atoms with van der Waals surface area (Å²) >= 11 is 0. The number of hydrogen-bond donors (Lipinski definition) is 5. The van der Waals surface area contributed by atoms with E-state index in [-0.39, 0.29) is 58.4 Å². The number of unbranched alkanes of at least 4 members (excludes halogenated alkanes) is 1. The van der Waals surface area contributed by atoms with Crippen molar-refractivity contribution in [3.63, 3.8) is 0 Å². The van der Waals surface area contributed by atoms with Crippen molar-refractivity contribution in [1.29, 1.82) is 0 Å². The molecule has 2 rings (SSSR count). The number of Topliss-reactive ketones (excluding diaryl/α,β-unsaturated/α-hetero) is 2. The number of rotatable bonds is 10. The monoisotopic (exact) mass is 460 g/mol. The van der Waals surface area contributed by atoms with Gasteiger partial charge in [-0.1, -0.05) is 20.3 Å². The fourth-order valence-corrected chi connectivity index (χ4v) is 3.92. The zero-order chi connectivity index (χ0) is 25.0. The van der Waals surface area contributed by atoms with Crippen LogP contribution in [0.5, 0.6) is 34.5 Å². The van der Waals surface area contributed by atoms with Crippen LogP contribution in [0.2, 0.25) is 0 Å². The van der Waals surface area contributed by atoms with Gasteiger partial charge in [0.25, 0.3) is 0 Å². The Balaban J connectivity index is 2.79. The van der Waals surface area contributed by atoms with Crippen LogP contribution >= 0.6 is 0 Å². The smallest absolute Gasteiger partial charge is 0.170 e. The first-order chi connectivity index (χ1) is 15.5. The van der Waals surface area contributed by atoms with Gasteiger partial charge in [0.2, 0.25) is 0 Å². The van der Waals surface area contributed by atoms with Crippen LogP contribution in [0, 0.1) is 13.8 Å². The Morgan fingerprint density at radius 1 is 0.697 bits per heavy atom. The standard InChI is InChI=1S/C25H32O8/c1-6-8-10-17(27)19-22(30)13(4)25(33-5)15(24(19)32)11-14-20(28)12(3)21(29)18(23(14)31)16(26)9-7-2/h28-32H,6-11H2,1-5H3. The molecule has 0 unspecified atom stereocenters. The van der Waals surface area contributed by atoms with E-state index in [1.54, 1.807) is 6.92 Å². The normalized spacial score (nSPS) is 10.9. The number of hydrogen-bond acceptors (Lipinski definition) is 8. The van der Waals surface area contributed by atoms with Crippen molar-refractivity contribution in [1.82, 2.24) is 0 Å². The van der Waals surface area contributed by atoms with Gasteiger partial charge in [-0.15, -0.1) is 0 Å². The Bertz CT molecular complexity index is 1090. The SMILES string of the molecule is CCCCC(=O)c1c(O)c(C)c(OC)c(Cc2c(O)c(C)c(O)c(C(=O)CCC)c2O)c1O. The largest absolute Gasteiger partial charge is 0.507 e. The number of carbonyl (C=O) groups is 2. The van der Waals surface area contributed by atoms with Crippen LogP contribution in [-0.2, 0) is 6.42 Å². The predicted octanol–water partition coefficient (Wildman–Crippen LogP) is 4.79. The molecule has 2 aromatic carbocycles. The highest BCUT2D eigenvalue weighted by atomic mass is 16.5. The van der Waals surface area contributed by atoms with Gasteiger partial charge in [0.1, 0.15) is 45.6 Å². The highest BCUT2D eigenvalue weighted by Gasteiger charge is 2.30. The van der Waals surface area contributed by atoms with Gasteiger partial charge in [-0.05, 0) is 26.7 Å². The molecular formula is C25H32O8. The first-order valence-electron chi connectivity index (χ1n) is 11.0. The average molecular weight is 461 g/mol. The molecule has 2 aromatic rings. The van der Waals surface area contributed by atoms with Crippen molar-refractivity contribution in [2.45, 2.75) is 66.2 Å². The van der Waals surface area contributed by atoms with Crippen molar-refractivity contribution < 1.29 is 39.9 Å². The Morgan fingerprint density at radius 2 is 1.21 bits per heavy atom. The highest BCUT2D eigenvalue weighted by molar-refractivity contribution is 6.03. The number of aromatic hydroxyl groups is 5. The van der Waals surface area contributed by atoms with Crippen molar-refractivity contribution in [3.05, 3.63) is 33.4 Å². The number of phenols is 5. The summed E-state index contributed by atoms with van der Waals surface area (Å²) in [5.74, 6) is -3.38. The summed E-state index contributed by atoms with van der Waals surface area (Å²) in [6.45, 7) is 6.61. The first-order valence-corrected chi connectivity index (χ1v) is 11.0. The molecule has 0 atom stereocenters. The van der Waals surface area contributed by atoms with Crippen LogP contribution < -0.4 is 4.74 Å². The Hall–Kier alpha value is -3.42. The third-order valence-electron chi connectivity index (χ3n) is 5.83. The Labute approximate surface area is 193 Å². The molecule has 8 nitrogen and oxygen atoms in total. The summed E-state index contributed by atoms with van der Waals surface area (Å²) in [6, 6.07) is 0. The fourth-order valence-electron chi connectivity index (χ4n) is 3.92. The molecule has 0 aliphatic rings. The molecule has 180 valence electrons. The summed E-state index contributed by atoms with van der Waals surface area (Å²) < 4.78 is 5.36. The lowest BCUT2D eigenvalue weighted by atomic mass is 9.89. The fraction of sp³-hybridized carbons (Fsp3) is 0.440. The molecule has 0 fully saturated rings. The molecular weight excluding hydrogens is 428 g/mol. The summed E-state index contributed by atoms with van der Waals surface area (Å²) in [5, 5.41) is 53.4. The molecule has 0 aromatic heterocycles. The van der Waals surface area contributed by atoms with E-state index in [0.717, 1.165) is 6.42 Å². The summed E-state index contributed by atoms with van der Waals surface area (Å²) in [5.41, 5.74) is -0.422. The van der Waals surface area contributed by atoms with Crippen LogP contribution in [0.3, 0.4) is 0 Å². The summed E-state index contributed by atoms with van der Waals surface area (Å²) in [4.78, 5) is 25.2. The third-order valence-corrected chi connectivity index (χ3v) is 5.83. The average Bonchev–Trinajstić information content (AvgIpc) is 2.77. The second-order valence-corrected chi connectivity index (χ2v) is 8.11. The highest BCUT2D eigenvalue weighted by Crippen LogP contribution is 2.48. The molecule has 0 radical (unpaired) electrons. The van der Waals surface area contributed by atoms with Crippen molar-refractivity contribution in [2.24, 2.45) is 0 Å². The molecule has 0 bridgehead atoms. The lowest BCUT2D eigenvalue weighted by molar-refractivity contribution is 0.0966. The van der Waals surface area contributed by atoms with Crippen LogP contribution in [-0.4, -0.2) is 44.2 Å². The number of ketones is 2. The number of benzene rings is 2. The minimum absolute atomic E-state index is 0.00421. The number of ether oxygens (including phenoxy) is 1. The van der Waals surface area contributed by atoms with Crippen molar-refractivity contribution >= 4 is 11.6 Å². The molecule has 0 amide bonds. The molecule has 8 heteroatoms. The molecule has 5 N–H and O–H groups in total. The maximum absolute atomic E-state index is 12.7. The Morgan fingerprint density at radius 3 is 1.73 bits per heavy atom. The number of carbonyl (C=O) groups excluding carboxylic acids is 2. The quantitative estimate of drug-likeness (QED) is 0.318. The van der Waals surface area contributed by atoms with Crippen LogP contribution in [0.1, 0.15) is 88.9 Å². The van der Waals surface area contributed by atoms with E-state index in [1.165, 1.54) is 21.0 Å². The summed E-state index contributed by atoms with van der Waals surface area (Å²) in [6.07, 6.45) is 1.68. The van der Waals surface area contributed by atoms with Gasteiger partial charge in [-0.25, -0.2) is 0 Å². The molecule has 0 aliphatic carbocycles. The third kappa shape index (κ3) is 4.69. The number of methoxy groups -OCH3 is 1.